The summed E-state index contributed by atoms with van der Waals surface area (Å²) in [5.74, 6) is 0.193. The van der Waals surface area contributed by atoms with Gasteiger partial charge in [-0.1, -0.05) is 12.1 Å². The molecular formula is C20H23FN2O3. The van der Waals surface area contributed by atoms with Gasteiger partial charge in [0.15, 0.2) is 0 Å². The third-order valence-electron chi connectivity index (χ3n) is 4.85. The van der Waals surface area contributed by atoms with E-state index in [1.807, 2.05) is 4.90 Å². The number of likely N-dealkylation sites (tertiary alicyclic amines) is 1. The van der Waals surface area contributed by atoms with Crippen LogP contribution in [-0.2, 0) is 11.3 Å². The van der Waals surface area contributed by atoms with E-state index in [-0.39, 0.29) is 17.6 Å². The summed E-state index contributed by atoms with van der Waals surface area (Å²) in [4.78, 5) is 26.1. The first-order chi connectivity index (χ1) is 12.6. The van der Waals surface area contributed by atoms with Gasteiger partial charge in [-0.05, 0) is 48.9 Å². The molecule has 2 heterocycles. The van der Waals surface area contributed by atoms with E-state index >= 15 is 0 Å². The lowest BCUT2D eigenvalue weighted by Gasteiger charge is -2.31. The predicted octanol–water partition coefficient (Wildman–Crippen LogP) is 3.37. The van der Waals surface area contributed by atoms with Crippen LogP contribution >= 0.6 is 0 Å². The van der Waals surface area contributed by atoms with Crippen molar-refractivity contribution in [3.05, 3.63) is 59.8 Å². The molecular weight excluding hydrogens is 335 g/mol. The minimum absolute atomic E-state index is 0.00577. The maximum Gasteiger partial charge on any atom is 0.257 e. The molecule has 0 atom stereocenters. The summed E-state index contributed by atoms with van der Waals surface area (Å²) in [6.07, 6.45) is 6.10. The van der Waals surface area contributed by atoms with E-state index < -0.39 is 0 Å². The van der Waals surface area contributed by atoms with Gasteiger partial charge in [0.1, 0.15) is 12.1 Å². The van der Waals surface area contributed by atoms with Crippen LogP contribution in [0.3, 0.4) is 0 Å². The molecule has 6 heteroatoms. The number of carbonyl (C=O) groups is 2. The normalized spacial score (nSPS) is 15.0. The van der Waals surface area contributed by atoms with Gasteiger partial charge in [-0.3, -0.25) is 9.59 Å². The summed E-state index contributed by atoms with van der Waals surface area (Å²) >= 11 is 0. The highest BCUT2D eigenvalue weighted by Gasteiger charge is 2.24. The van der Waals surface area contributed by atoms with E-state index in [4.69, 9.17) is 4.42 Å². The summed E-state index contributed by atoms with van der Waals surface area (Å²) in [5.41, 5.74) is 1.47. The van der Waals surface area contributed by atoms with Gasteiger partial charge in [0.2, 0.25) is 5.91 Å². The van der Waals surface area contributed by atoms with Gasteiger partial charge in [-0.15, -0.1) is 0 Å². The molecule has 1 aliphatic heterocycles. The second kappa shape index (κ2) is 8.65. The fourth-order valence-corrected chi connectivity index (χ4v) is 3.22. The number of hydrogen-bond donors (Lipinski definition) is 1. The standard InChI is InChI=1S/C20H23FN2O3/c21-18-4-1-16(2-5-18)13-22-19(24)6-3-15-7-10-23(11-8-15)20(25)17-9-12-26-14-17/h1-2,4-5,9,12,14-15H,3,6-8,10-11,13H2,(H,22,24). The number of rotatable bonds is 6. The van der Waals surface area contributed by atoms with Gasteiger partial charge in [0.05, 0.1) is 11.8 Å². The number of hydrogen-bond acceptors (Lipinski definition) is 3. The number of nitrogens with one attached hydrogen (secondary N) is 1. The Kier molecular flexibility index (Phi) is 6.04. The molecule has 0 spiro atoms. The average Bonchev–Trinajstić information content (AvgIpc) is 3.20. The summed E-state index contributed by atoms with van der Waals surface area (Å²) in [7, 11) is 0. The van der Waals surface area contributed by atoms with Crippen molar-refractivity contribution in [2.75, 3.05) is 13.1 Å². The lowest BCUT2D eigenvalue weighted by Crippen LogP contribution is -2.38. The van der Waals surface area contributed by atoms with Gasteiger partial charge in [0.25, 0.3) is 5.91 Å². The molecule has 0 radical (unpaired) electrons. The fraction of sp³-hybridized carbons (Fsp3) is 0.400. The molecule has 2 aromatic rings. The van der Waals surface area contributed by atoms with E-state index in [1.165, 1.54) is 24.7 Å². The summed E-state index contributed by atoms with van der Waals surface area (Å²) in [5, 5.41) is 2.87. The highest BCUT2D eigenvalue weighted by atomic mass is 19.1. The second-order valence-corrected chi connectivity index (χ2v) is 6.69. The van der Waals surface area contributed by atoms with E-state index in [0.717, 1.165) is 24.8 Å². The Hall–Kier alpha value is -2.63. The maximum absolute atomic E-state index is 12.9. The first-order valence-electron chi connectivity index (χ1n) is 8.94. The van der Waals surface area contributed by atoms with Crippen LogP contribution in [0.2, 0.25) is 0 Å². The SMILES string of the molecule is O=C(CCC1CCN(C(=O)c2ccoc2)CC1)NCc1ccc(F)cc1. The van der Waals surface area contributed by atoms with Gasteiger partial charge >= 0.3 is 0 Å². The molecule has 26 heavy (non-hydrogen) atoms. The van der Waals surface area contributed by atoms with Gasteiger partial charge in [0, 0.05) is 26.1 Å². The fourth-order valence-electron chi connectivity index (χ4n) is 3.22. The van der Waals surface area contributed by atoms with Crippen molar-refractivity contribution in [2.24, 2.45) is 5.92 Å². The summed E-state index contributed by atoms with van der Waals surface area (Å²) in [6.45, 7) is 1.84. The zero-order valence-electron chi connectivity index (χ0n) is 14.6. The van der Waals surface area contributed by atoms with Crippen molar-refractivity contribution >= 4 is 11.8 Å². The van der Waals surface area contributed by atoms with Gasteiger partial charge < -0.3 is 14.6 Å². The smallest absolute Gasteiger partial charge is 0.257 e. The number of nitrogens with zero attached hydrogens (tertiary/aromatic N) is 1. The van der Waals surface area contributed by atoms with E-state index in [1.54, 1.807) is 18.2 Å². The van der Waals surface area contributed by atoms with Gasteiger partial charge in [-0.2, -0.15) is 0 Å². The van der Waals surface area contributed by atoms with E-state index in [0.29, 0.717) is 37.5 Å². The summed E-state index contributed by atoms with van der Waals surface area (Å²) < 4.78 is 17.8. The lowest BCUT2D eigenvalue weighted by atomic mass is 9.92. The number of amides is 2. The monoisotopic (exact) mass is 358 g/mol. The minimum atomic E-state index is -0.280. The van der Waals surface area contributed by atoms with Crippen molar-refractivity contribution in [1.82, 2.24) is 10.2 Å². The zero-order chi connectivity index (χ0) is 18.4. The lowest BCUT2D eigenvalue weighted by molar-refractivity contribution is -0.121. The van der Waals surface area contributed by atoms with E-state index in [2.05, 4.69) is 5.32 Å². The minimum Gasteiger partial charge on any atom is -0.472 e. The Labute approximate surface area is 152 Å². The molecule has 2 amide bonds. The van der Waals surface area contributed by atoms with Crippen LogP contribution < -0.4 is 5.32 Å². The molecule has 1 aromatic carbocycles. The highest BCUT2D eigenvalue weighted by molar-refractivity contribution is 5.93. The Morgan fingerprint density at radius 3 is 2.54 bits per heavy atom. The molecule has 1 aromatic heterocycles. The molecule has 1 saturated heterocycles. The Bertz CT molecular complexity index is 720. The van der Waals surface area contributed by atoms with E-state index in [9.17, 15) is 14.0 Å². The molecule has 3 rings (SSSR count). The molecule has 1 fully saturated rings. The molecule has 1 N–H and O–H groups in total. The van der Waals surface area contributed by atoms with Crippen LogP contribution in [0.1, 0.15) is 41.6 Å². The molecule has 0 unspecified atom stereocenters. The van der Waals surface area contributed by atoms with Crippen LogP contribution in [0, 0.1) is 11.7 Å². The quantitative estimate of drug-likeness (QED) is 0.861. The number of benzene rings is 1. The average molecular weight is 358 g/mol. The third kappa shape index (κ3) is 4.94. The number of halogens is 1. The van der Waals surface area contributed by atoms with Crippen molar-refractivity contribution in [3.63, 3.8) is 0 Å². The largest absolute Gasteiger partial charge is 0.472 e. The highest BCUT2D eigenvalue weighted by Crippen LogP contribution is 2.23. The van der Waals surface area contributed by atoms with Crippen molar-refractivity contribution in [1.29, 1.82) is 0 Å². The van der Waals surface area contributed by atoms with Gasteiger partial charge in [-0.25, -0.2) is 4.39 Å². The Morgan fingerprint density at radius 1 is 1.15 bits per heavy atom. The summed E-state index contributed by atoms with van der Waals surface area (Å²) in [6, 6.07) is 7.80. The second-order valence-electron chi connectivity index (χ2n) is 6.69. The van der Waals surface area contributed by atoms with Crippen molar-refractivity contribution < 1.29 is 18.4 Å². The van der Waals surface area contributed by atoms with Crippen LogP contribution in [-0.4, -0.2) is 29.8 Å². The number of furan rings is 1. The Balaban J connectivity index is 1.35. The molecule has 0 aliphatic carbocycles. The van der Waals surface area contributed by atoms with Crippen LogP contribution in [0.25, 0.3) is 0 Å². The number of piperidine rings is 1. The topological polar surface area (TPSA) is 62.6 Å². The molecule has 0 bridgehead atoms. The third-order valence-corrected chi connectivity index (χ3v) is 4.85. The first-order valence-corrected chi connectivity index (χ1v) is 8.94. The van der Waals surface area contributed by atoms with Crippen molar-refractivity contribution in [3.8, 4) is 0 Å². The maximum atomic E-state index is 12.9. The molecule has 0 saturated carbocycles. The van der Waals surface area contributed by atoms with Crippen LogP contribution in [0.15, 0.2) is 47.3 Å². The molecule has 138 valence electrons. The predicted molar refractivity (Wildman–Crippen MR) is 94.8 cm³/mol. The Morgan fingerprint density at radius 2 is 1.88 bits per heavy atom. The first kappa shape index (κ1) is 18.2. The van der Waals surface area contributed by atoms with Crippen LogP contribution in [0.5, 0.6) is 0 Å². The van der Waals surface area contributed by atoms with Crippen molar-refractivity contribution in [2.45, 2.75) is 32.2 Å². The van der Waals surface area contributed by atoms with Crippen LogP contribution in [0.4, 0.5) is 4.39 Å². The zero-order valence-corrected chi connectivity index (χ0v) is 14.6. The molecule has 5 nitrogen and oxygen atoms in total. The number of carbonyl (C=O) groups excluding carboxylic acids is 2. The molecule has 1 aliphatic rings.